The summed E-state index contributed by atoms with van der Waals surface area (Å²) in [5.74, 6) is -0.286. The minimum Gasteiger partial charge on any atom is -0.330 e. The molecule has 112 valence electrons. The number of carbonyl (C=O) groups excluding carboxylic acids is 1. The number of aromatic amines is 1. The fourth-order valence-corrected chi connectivity index (χ4v) is 2.55. The fourth-order valence-electron chi connectivity index (χ4n) is 2.55. The van der Waals surface area contributed by atoms with E-state index >= 15 is 0 Å². The normalized spacial score (nSPS) is 12.2. The second-order valence-corrected chi connectivity index (χ2v) is 5.20. The van der Waals surface area contributed by atoms with Gasteiger partial charge in [-0.15, -0.1) is 0 Å². The summed E-state index contributed by atoms with van der Waals surface area (Å²) < 4.78 is 0. The molecule has 4 N–H and O–H groups in total. The number of benzene rings is 2. The lowest BCUT2D eigenvalue weighted by Crippen LogP contribution is -2.23. The Balaban J connectivity index is 1.81. The van der Waals surface area contributed by atoms with Gasteiger partial charge in [0.2, 0.25) is 5.91 Å². The van der Waals surface area contributed by atoms with Gasteiger partial charge in [0.1, 0.15) is 0 Å². The highest BCUT2D eigenvalue weighted by Gasteiger charge is 2.19. The van der Waals surface area contributed by atoms with Gasteiger partial charge in [0, 0.05) is 11.1 Å². The van der Waals surface area contributed by atoms with E-state index in [-0.39, 0.29) is 11.8 Å². The lowest BCUT2D eigenvalue weighted by atomic mass is 9.95. The highest BCUT2D eigenvalue weighted by atomic mass is 16.1. The van der Waals surface area contributed by atoms with E-state index in [0.717, 1.165) is 22.2 Å². The summed E-state index contributed by atoms with van der Waals surface area (Å²) in [5, 5.41) is 10.8. The molecule has 5 nitrogen and oxygen atoms in total. The molecule has 1 heterocycles. The Morgan fingerprint density at radius 2 is 2.05 bits per heavy atom. The highest BCUT2D eigenvalue weighted by Crippen LogP contribution is 2.23. The summed E-state index contributed by atoms with van der Waals surface area (Å²) in [5.41, 5.74) is 8.35. The molecule has 1 unspecified atom stereocenters. The van der Waals surface area contributed by atoms with Crippen LogP contribution in [0, 0.1) is 0 Å². The summed E-state index contributed by atoms with van der Waals surface area (Å²) in [4.78, 5) is 12.6. The van der Waals surface area contributed by atoms with Crippen LogP contribution in [0.1, 0.15) is 17.9 Å². The van der Waals surface area contributed by atoms with Crippen LogP contribution >= 0.6 is 0 Å². The van der Waals surface area contributed by atoms with Crippen LogP contribution in [0.2, 0.25) is 0 Å². The van der Waals surface area contributed by atoms with Crippen molar-refractivity contribution >= 4 is 22.5 Å². The summed E-state index contributed by atoms with van der Waals surface area (Å²) in [6.07, 6.45) is 2.35. The summed E-state index contributed by atoms with van der Waals surface area (Å²) in [7, 11) is 0. The lowest BCUT2D eigenvalue weighted by Gasteiger charge is -2.16. The molecule has 22 heavy (non-hydrogen) atoms. The van der Waals surface area contributed by atoms with Gasteiger partial charge < -0.3 is 11.1 Å². The molecule has 0 spiro atoms. The minimum absolute atomic E-state index is 0.0421. The molecular formula is C17H18N4O. The molecule has 0 saturated carbocycles. The zero-order valence-corrected chi connectivity index (χ0v) is 12.1. The number of hydrogen-bond acceptors (Lipinski definition) is 3. The molecule has 1 atom stereocenters. The predicted octanol–water partition coefficient (Wildman–Crippen LogP) is 2.63. The first-order valence-corrected chi connectivity index (χ1v) is 7.27. The summed E-state index contributed by atoms with van der Waals surface area (Å²) in [6, 6.07) is 15.4. The highest BCUT2D eigenvalue weighted by molar-refractivity contribution is 5.97. The number of aromatic nitrogens is 2. The minimum atomic E-state index is -0.244. The van der Waals surface area contributed by atoms with E-state index in [1.807, 2.05) is 48.5 Å². The molecule has 1 aromatic heterocycles. The average Bonchev–Trinajstić information content (AvgIpc) is 3.01. The number of nitrogens with two attached hydrogens (primary N) is 1. The van der Waals surface area contributed by atoms with Gasteiger partial charge in [-0.1, -0.05) is 30.3 Å². The Labute approximate surface area is 128 Å². The van der Waals surface area contributed by atoms with Crippen LogP contribution < -0.4 is 11.1 Å². The van der Waals surface area contributed by atoms with Gasteiger partial charge >= 0.3 is 0 Å². The quantitative estimate of drug-likeness (QED) is 0.676. The molecule has 3 rings (SSSR count). The molecule has 0 aliphatic carbocycles. The third kappa shape index (κ3) is 2.99. The zero-order chi connectivity index (χ0) is 15.4. The number of H-pyrrole nitrogens is 1. The Morgan fingerprint density at radius 3 is 2.82 bits per heavy atom. The van der Waals surface area contributed by atoms with E-state index in [2.05, 4.69) is 15.5 Å². The van der Waals surface area contributed by atoms with Crippen LogP contribution in [0.15, 0.2) is 54.7 Å². The van der Waals surface area contributed by atoms with Crippen molar-refractivity contribution in [2.24, 2.45) is 5.73 Å². The van der Waals surface area contributed by atoms with Gasteiger partial charge in [0.15, 0.2) is 0 Å². The number of nitrogens with zero attached hydrogens (tertiary/aromatic N) is 1. The average molecular weight is 294 g/mol. The van der Waals surface area contributed by atoms with Crippen molar-refractivity contribution in [3.8, 4) is 0 Å². The van der Waals surface area contributed by atoms with Gasteiger partial charge in [0.25, 0.3) is 0 Å². The molecule has 5 heteroatoms. The maximum absolute atomic E-state index is 12.6. The number of anilines is 1. The molecule has 0 saturated heterocycles. The molecule has 0 fully saturated rings. The second-order valence-electron chi connectivity index (χ2n) is 5.20. The Kier molecular flexibility index (Phi) is 4.16. The van der Waals surface area contributed by atoms with Gasteiger partial charge in [-0.2, -0.15) is 5.10 Å². The van der Waals surface area contributed by atoms with Crippen molar-refractivity contribution in [2.45, 2.75) is 12.3 Å². The Morgan fingerprint density at radius 1 is 1.23 bits per heavy atom. The smallest absolute Gasteiger partial charge is 0.231 e. The van der Waals surface area contributed by atoms with E-state index in [4.69, 9.17) is 5.73 Å². The first-order valence-electron chi connectivity index (χ1n) is 7.27. The monoisotopic (exact) mass is 294 g/mol. The topological polar surface area (TPSA) is 83.8 Å². The molecule has 0 radical (unpaired) electrons. The third-order valence-corrected chi connectivity index (χ3v) is 3.68. The van der Waals surface area contributed by atoms with Gasteiger partial charge in [-0.3, -0.25) is 9.89 Å². The Hall–Kier alpha value is -2.66. The predicted molar refractivity (Wildman–Crippen MR) is 87.6 cm³/mol. The molecule has 0 aliphatic heterocycles. The van der Waals surface area contributed by atoms with E-state index in [1.54, 1.807) is 6.20 Å². The number of fused-ring (bicyclic) bond motifs is 1. The number of carbonyl (C=O) groups is 1. The molecule has 2 aromatic carbocycles. The number of hydrogen-bond donors (Lipinski definition) is 3. The van der Waals surface area contributed by atoms with Crippen molar-refractivity contribution in [1.82, 2.24) is 10.2 Å². The Bertz CT molecular complexity index is 766. The fraction of sp³-hybridized carbons (Fsp3) is 0.176. The maximum atomic E-state index is 12.6. The number of rotatable bonds is 5. The van der Waals surface area contributed by atoms with Crippen LogP contribution in [0.3, 0.4) is 0 Å². The van der Waals surface area contributed by atoms with E-state index < -0.39 is 0 Å². The van der Waals surface area contributed by atoms with Crippen molar-refractivity contribution in [1.29, 1.82) is 0 Å². The molecule has 0 aliphatic rings. The van der Waals surface area contributed by atoms with Crippen LogP contribution in [0.25, 0.3) is 10.9 Å². The lowest BCUT2D eigenvalue weighted by molar-refractivity contribution is -0.117. The first kappa shape index (κ1) is 14.3. The first-order chi connectivity index (χ1) is 10.8. The van der Waals surface area contributed by atoms with Crippen molar-refractivity contribution < 1.29 is 4.79 Å². The number of amides is 1. The van der Waals surface area contributed by atoms with E-state index in [0.29, 0.717) is 13.0 Å². The molecule has 3 aromatic rings. The van der Waals surface area contributed by atoms with Crippen molar-refractivity contribution in [3.05, 3.63) is 60.3 Å². The maximum Gasteiger partial charge on any atom is 0.231 e. The second kappa shape index (κ2) is 6.41. The third-order valence-electron chi connectivity index (χ3n) is 3.68. The summed E-state index contributed by atoms with van der Waals surface area (Å²) >= 11 is 0. The molecule has 0 bridgehead atoms. The SMILES string of the molecule is NCCC(C(=O)Nc1ccc2[nH]ncc2c1)c1ccccc1. The van der Waals surface area contributed by atoms with Gasteiger partial charge in [-0.05, 0) is 36.7 Å². The summed E-state index contributed by atoms with van der Waals surface area (Å²) in [6.45, 7) is 0.466. The van der Waals surface area contributed by atoms with Crippen LogP contribution in [-0.4, -0.2) is 22.6 Å². The van der Waals surface area contributed by atoms with Crippen LogP contribution in [-0.2, 0) is 4.79 Å². The zero-order valence-electron chi connectivity index (χ0n) is 12.1. The molecular weight excluding hydrogens is 276 g/mol. The van der Waals surface area contributed by atoms with Crippen LogP contribution in [0.4, 0.5) is 5.69 Å². The van der Waals surface area contributed by atoms with Crippen molar-refractivity contribution in [3.63, 3.8) is 0 Å². The van der Waals surface area contributed by atoms with E-state index in [9.17, 15) is 4.79 Å². The van der Waals surface area contributed by atoms with Gasteiger partial charge in [-0.25, -0.2) is 0 Å². The molecule has 1 amide bonds. The van der Waals surface area contributed by atoms with Crippen molar-refractivity contribution in [2.75, 3.05) is 11.9 Å². The number of nitrogens with one attached hydrogen (secondary N) is 2. The van der Waals surface area contributed by atoms with E-state index in [1.165, 1.54) is 0 Å². The van der Waals surface area contributed by atoms with Gasteiger partial charge in [0.05, 0.1) is 17.6 Å². The van der Waals surface area contributed by atoms with Crippen LogP contribution in [0.5, 0.6) is 0 Å². The standard InChI is InChI=1S/C17H18N4O/c18-9-8-15(12-4-2-1-3-5-12)17(22)20-14-6-7-16-13(10-14)11-19-21-16/h1-7,10-11,15H,8-9,18H2,(H,19,21)(H,20,22). The largest absolute Gasteiger partial charge is 0.330 e.